The Hall–Kier alpha value is -3.26. The van der Waals surface area contributed by atoms with Gasteiger partial charge in [0.15, 0.2) is 18.1 Å². The van der Waals surface area contributed by atoms with E-state index >= 15 is 0 Å². The average Bonchev–Trinajstić information content (AvgIpc) is 2.60. The fourth-order valence-corrected chi connectivity index (χ4v) is 2.24. The minimum atomic E-state index is -0.462. The first-order valence-corrected chi connectivity index (χ1v) is 7.68. The highest BCUT2D eigenvalue weighted by molar-refractivity contribution is 5.89. The van der Waals surface area contributed by atoms with Crippen LogP contribution in [0.5, 0.6) is 17.2 Å². The van der Waals surface area contributed by atoms with Gasteiger partial charge in [-0.25, -0.2) is 4.79 Å². The molecule has 0 radical (unpaired) electrons. The van der Waals surface area contributed by atoms with E-state index in [1.165, 1.54) is 13.2 Å². The summed E-state index contributed by atoms with van der Waals surface area (Å²) >= 11 is 0. The third-order valence-electron chi connectivity index (χ3n) is 3.43. The molecule has 0 bridgehead atoms. The van der Waals surface area contributed by atoms with Crippen molar-refractivity contribution in [2.75, 3.05) is 13.7 Å². The normalized spacial score (nSPS) is 10.3. The van der Waals surface area contributed by atoms with E-state index in [1.807, 2.05) is 32.0 Å². The third kappa shape index (κ3) is 5.11. The first kappa shape index (κ1) is 18.1. The van der Waals surface area contributed by atoms with Gasteiger partial charge >= 0.3 is 5.97 Å². The molecule has 0 saturated carbocycles. The maximum atomic E-state index is 12.0. The number of carbonyl (C=O) groups is 1. The van der Waals surface area contributed by atoms with E-state index in [0.29, 0.717) is 17.2 Å². The number of nitriles is 1. The number of esters is 1. The van der Waals surface area contributed by atoms with Crippen LogP contribution in [0.4, 0.5) is 0 Å². The number of benzene rings is 2. The second kappa shape index (κ2) is 8.55. The number of carbonyl (C=O) groups excluding carboxylic acids is 1. The fraction of sp³-hybridized carbons (Fsp3) is 0.200. The molecule has 0 fully saturated rings. The maximum absolute atomic E-state index is 12.0. The fourth-order valence-electron chi connectivity index (χ4n) is 2.24. The van der Waals surface area contributed by atoms with E-state index in [2.05, 4.69) is 0 Å². The number of hydrogen-bond acceptors (Lipinski definition) is 5. The molecule has 0 spiro atoms. The summed E-state index contributed by atoms with van der Waals surface area (Å²) in [6.07, 6.45) is 2.98. The van der Waals surface area contributed by atoms with Crippen LogP contribution in [-0.2, 0) is 4.79 Å². The molecule has 0 aliphatic carbocycles. The van der Waals surface area contributed by atoms with E-state index in [1.54, 1.807) is 30.3 Å². The Morgan fingerprint density at radius 1 is 1.12 bits per heavy atom. The van der Waals surface area contributed by atoms with Crippen molar-refractivity contribution in [3.63, 3.8) is 0 Å². The summed E-state index contributed by atoms with van der Waals surface area (Å²) in [7, 11) is 1.51. The highest BCUT2D eigenvalue weighted by Crippen LogP contribution is 2.28. The number of aryl methyl sites for hydroxylation is 2. The van der Waals surface area contributed by atoms with Crippen molar-refractivity contribution < 1.29 is 19.0 Å². The summed E-state index contributed by atoms with van der Waals surface area (Å²) in [5.74, 6) is 1.04. The lowest BCUT2D eigenvalue weighted by molar-refractivity contribution is -0.128. The van der Waals surface area contributed by atoms with Crippen LogP contribution in [-0.4, -0.2) is 19.7 Å². The van der Waals surface area contributed by atoms with Crippen molar-refractivity contribution in [2.45, 2.75) is 13.8 Å². The van der Waals surface area contributed by atoms with Crippen LogP contribution in [0.15, 0.2) is 42.5 Å². The summed E-state index contributed by atoms with van der Waals surface area (Å²) < 4.78 is 15.8. The lowest BCUT2D eigenvalue weighted by atomic mass is 10.1. The van der Waals surface area contributed by atoms with Gasteiger partial charge in [-0.1, -0.05) is 23.8 Å². The zero-order valence-electron chi connectivity index (χ0n) is 14.4. The Morgan fingerprint density at radius 3 is 2.56 bits per heavy atom. The minimum Gasteiger partial charge on any atom is -0.493 e. The van der Waals surface area contributed by atoms with Crippen LogP contribution in [0.25, 0.3) is 6.08 Å². The van der Waals surface area contributed by atoms with Gasteiger partial charge in [-0.15, -0.1) is 0 Å². The Bertz CT molecular complexity index is 834. The Kier molecular flexibility index (Phi) is 6.19. The van der Waals surface area contributed by atoms with Gasteiger partial charge in [-0.2, -0.15) is 5.26 Å². The summed E-state index contributed by atoms with van der Waals surface area (Å²) in [5, 5.41) is 8.57. The molecule has 0 N–H and O–H groups in total. The molecule has 2 aromatic carbocycles. The predicted molar refractivity (Wildman–Crippen MR) is 94.7 cm³/mol. The summed E-state index contributed by atoms with van der Waals surface area (Å²) in [6.45, 7) is 3.81. The highest BCUT2D eigenvalue weighted by Gasteiger charge is 2.06. The molecule has 0 atom stereocenters. The summed E-state index contributed by atoms with van der Waals surface area (Å²) in [6, 6.07) is 12.7. The smallest absolute Gasteiger partial charge is 0.336 e. The number of nitrogens with zero attached hydrogens (tertiary/aromatic N) is 1. The number of hydrogen-bond donors (Lipinski definition) is 0. The molecule has 0 amide bonds. The third-order valence-corrected chi connectivity index (χ3v) is 3.43. The van der Waals surface area contributed by atoms with Crippen molar-refractivity contribution in [3.05, 3.63) is 59.2 Å². The van der Waals surface area contributed by atoms with Gasteiger partial charge in [-0.3, -0.25) is 0 Å². The molecule has 0 unspecified atom stereocenters. The first-order valence-electron chi connectivity index (χ1n) is 7.68. The van der Waals surface area contributed by atoms with Crippen molar-refractivity contribution in [1.29, 1.82) is 5.26 Å². The standard InChI is InChI=1S/C20H19NO4/c1-14-4-7-17(15(2)12-14)25-20(22)9-6-16-5-8-18(24-11-10-21)19(13-16)23-3/h4-9,12-13H,11H2,1-3H3/b9-6+. The van der Waals surface area contributed by atoms with Crippen molar-refractivity contribution in [3.8, 4) is 23.3 Å². The van der Waals surface area contributed by atoms with Crippen LogP contribution < -0.4 is 14.2 Å². The summed E-state index contributed by atoms with van der Waals surface area (Å²) in [4.78, 5) is 12.0. The van der Waals surface area contributed by atoms with Crippen LogP contribution in [0.1, 0.15) is 16.7 Å². The molecular formula is C20H19NO4. The van der Waals surface area contributed by atoms with E-state index in [4.69, 9.17) is 19.5 Å². The molecule has 2 rings (SSSR count). The quantitative estimate of drug-likeness (QED) is 0.455. The molecule has 25 heavy (non-hydrogen) atoms. The minimum absolute atomic E-state index is 0.0617. The lowest BCUT2D eigenvalue weighted by Crippen LogP contribution is -2.05. The largest absolute Gasteiger partial charge is 0.493 e. The predicted octanol–water partition coefficient (Wildman–Crippen LogP) is 3.83. The van der Waals surface area contributed by atoms with Gasteiger partial charge in [0.25, 0.3) is 0 Å². The molecule has 5 nitrogen and oxygen atoms in total. The second-order valence-electron chi connectivity index (χ2n) is 5.38. The molecule has 128 valence electrons. The molecule has 0 aliphatic rings. The van der Waals surface area contributed by atoms with Crippen molar-refractivity contribution in [1.82, 2.24) is 0 Å². The van der Waals surface area contributed by atoms with Crippen LogP contribution in [0, 0.1) is 25.2 Å². The highest BCUT2D eigenvalue weighted by atomic mass is 16.5. The zero-order chi connectivity index (χ0) is 18.2. The van der Waals surface area contributed by atoms with Crippen molar-refractivity contribution in [2.24, 2.45) is 0 Å². The Labute approximate surface area is 147 Å². The Morgan fingerprint density at radius 2 is 1.88 bits per heavy atom. The van der Waals surface area contributed by atoms with E-state index in [-0.39, 0.29) is 6.61 Å². The van der Waals surface area contributed by atoms with Gasteiger partial charge in [0, 0.05) is 6.08 Å². The SMILES string of the molecule is COc1cc(/C=C/C(=O)Oc2ccc(C)cc2C)ccc1OCC#N. The molecular weight excluding hydrogens is 318 g/mol. The number of ether oxygens (including phenoxy) is 3. The molecule has 0 aliphatic heterocycles. The van der Waals surface area contributed by atoms with Gasteiger partial charge in [-0.05, 0) is 49.2 Å². The molecule has 5 heteroatoms. The van der Waals surface area contributed by atoms with E-state index in [9.17, 15) is 4.79 Å². The first-order chi connectivity index (χ1) is 12.0. The average molecular weight is 337 g/mol. The molecule has 0 heterocycles. The topological polar surface area (TPSA) is 68.6 Å². The van der Waals surface area contributed by atoms with Crippen LogP contribution >= 0.6 is 0 Å². The second-order valence-corrected chi connectivity index (χ2v) is 5.38. The lowest BCUT2D eigenvalue weighted by Gasteiger charge is -2.09. The van der Waals surface area contributed by atoms with Gasteiger partial charge in [0.1, 0.15) is 11.8 Å². The zero-order valence-corrected chi connectivity index (χ0v) is 14.4. The number of methoxy groups -OCH3 is 1. The van der Waals surface area contributed by atoms with Gasteiger partial charge in [0.05, 0.1) is 7.11 Å². The van der Waals surface area contributed by atoms with Crippen LogP contribution in [0.3, 0.4) is 0 Å². The van der Waals surface area contributed by atoms with E-state index in [0.717, 1.165) is 16.7 Å². The van der Waals surface area contributed by atoms with Gasteiger partial charge in [0.2, 0.25) is 0 Å². The molecule has 0 saturated heterocycles. The maximum Gasteiger partial charge on any atom is 0.336 e. The van der Waals surface area contributed by atoms with Crippen molar-refractivity contribution >= 4 is 12.0 Å². The van der Waals surface area contributed by atoms with Gasteiger partial charge < -0.3 is 14.2 Å². The van der Waals surface area contributed by atoms with E-state index < -0.39 is 5.97 Å². The monoisotopic (exact) mass is 337 g/mol. The molecule has 0 aromatic heterocycles. The molecule has 2 aromatic rings. The Balaban J connectivity index is 2.07. The summed E-state index contributed by atoms with van der Waals surface area (Å²) in [5.41, 5.74) is 2.76. The van der Waals surface area contributed by atoms with Crippen LogP contribution in [0.2, 0.25) is 0 Å². The number of rotatable bonds is 6.